The molecule has 0 saturated heterocycles. The van der Waals surface area contributed by atoms with Gasteiger partial charge in [0.05, 0.1) is 0 Å². The lowest BCUT2D eigenvalue weighted by Crippen LogP contribution is -2.20. The van der Waals surface area contributed by atoms with E-state index < -0.39 is 0 Å². The number of nitrogens with zero attached hydrogens (tertiary/aromatic N) is 3. The standard InChI is InChI=1S/C12H16N4S.ClH/c1-16(9-11-8-15-12(13)17-11)7-4-10-2-5-14-6-3-10;/h2-3,5-6,8H,4,7,9H2,1H3,(H2,13,15);1H. The van der Waals surface area contributed by atoms with Crippen molar-refractivity contribution < 1.29 is 0 Å². The van der Waals surface area contributed by atoms with Crippen LogP contribution in [-0.2, 0) is 13.0 Å². The van der Waals surface area contributed by atoms with Crippen molar-refractivity contribution in [3.8, 4) is 0 Å². The zero-order valence-corrected chi connectivity index (χ0v) is 11.9. The summed E-state index contributed by atoms with van der Waals surface area (Å²) in [5, 5.41) is 0.641. The molecule has 0 radical (unpaired) electrons. The van der Waals surface area contributed by atoms with Gasteiger partial charge in [-0.1, -0.05) is 0 Å². The highest BCUT2D eigenvalue weighted by molar-refractivity contribution is 7.15. The number of aromatic nitrogens is 2. The Balaban J connectivity index is 0.00000162. The maximum absolute atomic E-state index is 5.60. The molecule has 18 heavy (non-hydrogen) atoms. The minimum atomic E-state index is 0. The Kier molecular flexibility index (Phi) is 6.04. The predicted octanol–water partition coefficient (Wildman–Crippen LogP) is 2.22. The number of pyridine rings is 1. The van der Waals surface area contributed by atoms with Crippen molar-refractivity contribution >= 4 is 28.9 Å². The highest BCUT2D eigenvalue weighted by atomic mass is 35.5. The number of nitrogens with two attached hydrogens (primary N) is 1. The molecule has 0 aliphatic carbocycles. The van der Waals surface area contributed by atoms with Crippen molar-refractivity contribution in [2.45, 2.75) is 13.0 Å². The van der Waals surface area contributed by atoms with Gasteiger partial charge in [0.1, 0.15) is 0 Å². The number of likely N-dealkylation sites (N-methyl/N-ethyl adjacent to an activating group) is 1. The summed E-state index contributed by atoms with van der Waals surface area (Å²) in [6.45, 7) is 1.92. The van der Waals surface area contributed by atoms with Gasteiger partial charge in [-0.3, -0.25) is 4.98 Å². The predicted molar refractivity (Wildman–Crippen MR) is 78.0 cm³/mol. The van der Waals surface area contributed by atoms with Crippen molar-refractivity contribution in [3.63, 3.8) is 0 Å². The molecule has 2 aromatic heterocycles. The molecular formula is C12H17ClN4S. The molecule has 2 N–H and O–H groups in total. The van der Waals surface area contributed by atoms with Gasteiger partial charge in [-0.05, 0) is 31.2 Å². The van der Waals surface area contributed by atoms with Crippen LogP contribution in [0.5, 0.6) is 0 Å². The summed E-state index contributed by atoms with van der Waals surface area (Å²) in [4.78, 5) is 11.5. The number of nitrogen functional groups attached to an aromatic ring is 1. The Hall–Kier alpha value is -1.17. The lowest BCUT2D eigenvalue weighted by molar-refractivity contribution is 0.334. The van der Waals surface area contributed by atoms with Crippen LogP contribution in [0.1, 0.15) is 10.4 Å². The smallest absolute Gasteiger partial charge is 0.180 e. The second-order valence-electron chi connectivity index (χ2n) is 4.01. The van der Waals surface area contributed by atoms with Gasteiger partial charge in [0, 0.05) is 36.6 Å². The summed E-state index contributed by atoms with van der Waals surface area (Å²) < 4.78 is 0. The molecule has 0 saturated carbocycles. The third-order valence-corrected chi connectivity index (χ3v) is 3.34. The van der Waals surface area contributed by atoms with Crippen LogP contribution in [0.4, 0.5) is 5.13 Å². The third kappa shape index (κ3) is 4.60. The van der Waals surface area contributed by atoms with E-state index in [0.29, 0.717) is 5.13 Å². The summed E-state index contributed by atoms with van der Waals surface area (Å²) in [5.41, 5.74) is 6.92. The normalized spacial score (nSPS) is 10.3. The molecule has 2 heterocycles. The average molecular weight is 285 g/mol. The van der Waals surface area contributed by atoms with Gasteiger partial charge in [-0.2, -0.15) is 0 Å². The topological polar surface area (TPSA) is 55.0 Å². The first-order valence-corrected chi connectivity index (χ1v) is 6.33. The number of hydrogen-bond acceptors (Lipinski definition) is 5. The van der Waals surface area contributed by atoms with Crippen molar-refractivity contribution in [2.24, 2.45) is 0 Å². The Morgan fingerprint density at radius 3 is 2.67 bits per heavy atom. The maximum atomic E-state index is 5.60. The molecule has 0 bridgehead atoms. The van der Waals surface area contributed by atoms with E-state index in [2.05, 4.69) is 34.0 Å². The molecule has 2 aromatic rings. The van der Waals surface area contributed by atoms with E-state index in [1.807, 2.05) is 18.6 Å². The van der Waals surface area contributed by atoms with Crippen LogP contribution in [0.15, 0.2) is 30.7 Å². The van der Waals surface area contributed by atoms with Crippen molar-refractivity contribution in [1.29, 1.82) is 0 Å². The molecule has 0 amide bonds. The lowest BCUT2D eigenvalue weighted by Gasteiger charge is -2.14. The fourth-order valence-electron chi connectivity index (χ4n) is 1.61. The van der Waals surface area contributed by atoms with Crippen LogP contribution >= 0.6 is 23.7 Å². The van der Waals surface area contributed by atoms with Crippen molar-refractivity contribution in [2.75, 3.05) is 19.3 Å². The van der Waals surface area contributed by atoms with Gasteiger partial charge in [-0.15, -0.1) is 23.7 Å². The van der Waals surface area contributed by atoms with Crippen LogP contribution in [0, 0.1) is 0 Å². The second-order valence-corrected chi connectivity index (χ2v) is 5.15. The summed E-state index contributed by atoms with van der Waals surface area (Å²) in [6.07, 6.45) is 6.55. The van der Waals surface area contributed by atoms with E-state index in [1.54, 1.807) is 11.3 Å². The summed E-state index contributed by atoms with van der Waals surface area (Å²) in [5.74, 6) is 0. The fraction of sp³-hybridized carbons (Fsp3) is 0.333. The fourth-order valence-corrected chi connectivity index (χ4v) is 2.37. The minimum Gasteiger partial charge on any atom is -0.375 e. The lowest BCUT2D eigenvalue weighted by atomic mass is 10.2. The molecule has 0 spiro atoms. The minimum absolute atomic E-state index is 0. The van der Waals surface area contributed by atoms with Gasteiger partial charge in [-0.25, -0.2) is 4.98 Å². The van der Waals surface area contributed by atoms with E-state index in [4.69, 9.17) is 5.73 Å². The first-order chi connectivity index (χ1) is 8.24. The zero-order chi connectivity index (χ0) is 12.1. The van der Waals surface area contributed by atoms with Crippen LogP contribution in [-0.4, -0.2) is 28.5 Å². The molecule has 6 heteroatoms. The molecule has 98 valence electrons. The summed E-state index contributed by atoms with van der Waals surface area (Å²) >= 11 is 1.55. The van der Waals surface area contributed by atoms with E-state index in [-0.39, 0.29) is 12.4 Å². The van der Waals surface area contributed by atoms with E-state index >= 15 is 0 Å². The number of thiazole rings is 1. The number of rotatable bonds is 5. The molecule has 0 fully saturated rings. The van der Waals surface area contributed by atoms with Gasteiger partial charge < -0.3 is 10.6 Å². The molecule has 4 nitrogen and oxygen atoms in total. The number of anilines is 1. The van der Waals surface area contributed by atoms with E-state index in [0.717, 1.165) is 19.5 Å². The molecule has 0 unspecified atom stereocenters. The average Bonchev–Trinajstić information content (AvgIpc) is 2.73. The van der Waals surface area contributed by atoms with Gasteiger partial charge in [0.25, 0.3) is 0 Å². The first-order valence-electron chi connectivity index (χ1n) is 5.51. The quantitative estimate of drug-likeness (QED) is 0.915. The van der Waals surface area contributed by atoms with Crippen molar-refractivity contribution in [3.05, 3.63) is 41.2 Å². The SMILES string of the molecule is CN(CCc1ccncc1)Cc1cnc(N)s1.Cl. The molecule has 2 rings (SSSR count). The molecule has 0 atom stereocenters. The maximum Gasteiger partial charge on any atom is 0.180 e. The van der Waals surface area contributed by atoms with Crippen LogP contribution < -0.4 is 5.73 Å². The van der Waals surface area contributed by atoms with E-state index in [1.165, 1.54) is 10.4 Å². The number of hydrogen-bond donors (Lipinski definition) is 1. The highest BCUT2D eigenvalue weighted by Crippen LogP contribution is 2.15. The Morgan fingerprint density at radius 1 is 1.33 bits per heavy atom. The largest absolute Gasteiger partial charge is 0.375 e. The molecule has 0 aliphatic rings. The van der Waals surface area contributed by atoms with Gasteiger partial charge in [0.2, 0.25) is 0 Å². The van der Waals surface area contributed by atoms with E-state index in [9.17, 15) is 0 Å². The Bertz CT molecular complexity index is 460. The van der Waals surface area contributed by atoms with Gasteiger partial charge >= 0.3 is 0 Å². The molecule has 0 aromatic carbocycles. The zero-order valence-electron chi connectivity index (χ0n) is 10.2. The molecular weight excluding hydrogens is 268 g/mol. The molecule has 0 aliphatic heterocycles. The Morgan fingerprint density at radius 2 is 2.06 bits per heavy atom. The Labute approximate surface area is 117 Å². The summed E-state index contributed by atoms with van der Waals surface area (Å²) in [7, 11) is 2.11. The number of halogens is 1. The van der Waals surface area contributed by atoms with Gasteiger partial charge in [0.15, 0.2) is 5.13 Å². The second kappa shape index (κ2) is 7.31. The van der Waals surface area contributed by atoms with Crippen LogP contribution in [0.3, 0.4) is 0 Å². The monoisotopic (exact) mass is 284 g/mol. The van der Waals surface area contributed by atoms with Crippen LogP contribution in [0.25, 0.3) is 0 Å². The van der Waals surface area contributed by atoms with Crippen LogP contribution in [0.2, 0.25) is 0 Å². The first kappa shape index (κ1) is 14.9. The highest BCUT2D eigenvalue weighted by Gasteiger charge is 2.03. The van der Waals surface area contributed by atoms with Crippen molar-refractivity contribution in [1.82, 2.24) is 14.9 Å². The summed E-state index contributed by atoms with van der Waals surface area (Å²) in [6, 6.07) is 4.11. The third-order valence-electron chi connectivity index (χ3n) is 2.53.